The van der Waals surface area contributed by atoms with Crippen LogP contribution in [0, 0.1) is 5.92 Å². The zero-order chi connectivity index (χ0) is 25.4. The van der Waals surface area contributed by atoms with Crippen LogP contribution >= 0.6 is 0 Å². The van der Waals surface area contributed by atoms with E-state index in [-0.39, 0.29) is 11.3 Å². The largest absolute Gasteiger partial charge is 0.573 e. The molecule has 0 bridgehead atoms. The Morgan fingerprint density at radius 3 is 2.46 bits per heavy atom. The number of anilines is 1. The molecule has 1 aromatic heterocycles. The minimum atomic E-state index is -4.80. The summed E-state index contributed by atoms with van der Waals surface area (Å²) in [7, 11) is -3.87. The van der Waals surface area contributed by atoms with E-state index in [2.05, 4.69) is 16.3 Å². The number of sulfone groups is 1. The van der Waals surface area contributed by atoms with Crippen LogP contribution in [0.3, 0.4) is 0 Å². The average molecular weight is 512 g/mol. The van der Waals surface area contributed by atoms with E-state index in [4.69, 9.17) is 0 Å². The van der Waals surface area contributed by atoms with E-state index in [1.807, 2.05) is 4.90 Å². The highest BCUT2D eigenvalue weighted by Gasteiger charge is 2.38. The average Bonchev–Trinajstić information content (AvgIpc) is 3.24. The smallest absolute Gasteiger partial charge is 0.481 e. The highest BCUT2D eigenvalue weighted by atomic mass is 32.2. The Bertz CT molecular complexity index is 1210. The first-order chi connectivity index (χ1) is 16.5. The predicted octanol–water partition coefficient (Wildman–Crippen LogP) is 2.89. The third kappa shape index (κ3) is 5.27. The monoisotopic (exact) mass is 511 g/mol. The van der Waals surface area contributed by atoms with Crippen LogP contribution in [0.1, 0.15) is 11.1 Å². The van der Waals surface area contributed by atoms with Gasteiger partial charge in [0, 0.05) is 26.2 Å². The molecule has 1 N–H and O–H groups in total. The quantitative estimate of drug-likeness (QED) is 0.567. The first kappa shape index (κ1) is 25.0. The van der Waals surface area contributed by atoms with E-state index in [1.54, 1.807) is 17.0 Å². The molecule has 1 aliphatic carbocycles. The van der Waals surface area contributed by atoms with Gasteiger partial charge in [-0.2, -0.15) is 0 Å². The summed E-state index contributed by atoms with van der Waals surface area (Å²) < 4.78 is 68.1. The molecule has 1 aromatic carbocycles. The lowest BCUT2D eigenvalue weighted by atomic mass is 10.1. The summed E-state index contributed by atoms with van der Waals surface area (Å²) in [6.45, 7) is 5.25. The minimum absolute atomic E-state index is 0.132. The van der Waals surface area contributed by atoms with E-state index < -0.39 is 39.2 Å². The van der Waals surface area contributed by atoms with Crippen molar-refractivity contribution in [2.75, 3.05) is 31.1 Å². The Morgan fingerprint density at radius 2 is 1.89 bits per heavy atom. The van der Waals surface area contributed by atoms with Crippen molar-refractivity contribution in [3.8, 4) is 5.75 Å². The molecule has 0 radical (unpaired) electrons. The second-order valence-electron chi connectivity index (χ2n) is 8.43. The third-order valence-corrected chi connectivity index (χ3v) is 8.40. The van der Waals surface area contributed by atoms with Gasteiger partial charge in [0.25, 0.3) is 0 Å². The van der Waals surface area contributed by atoms with Gasteiger partial charge in [0.05, 0.1) is 17.0 Å². The van der Waals surface area contributed by atoms with Crippen molar-refractivity contribution < 1.29 is 36.2 Å². The lowest BCUT2D eigenvalue weighted by Crippen LogP contribution is -2.52. The Hall–Kier alpha value is -3.12. The highest BCUT2D eigenvalue weighted by Crippen LogP contribution is 2.34. The van der Waals surface area contributed by atoms with E-state index in [9.17, 15) is 31.5 Å². The highest BCUT2D eigenvalue weighted by molar-refractivity contribution is 7.92. The molecule has 1 aliphatic heterocycles. The summed E-state index contributed by atoms with van der Waals surface area (Å²) in [5.41, 5.74) is 1.28. The third-order valence-electron chi connectivity index (χ3n) is 6.27. The number of piperazine rings is 1. The first-order valence-corrected chi connectivity index (χ1v) is 12.4. The molecular weight excluding hydrogens is 487 g/mol. The van der Waals surface area contributed by atoms with Crippen LogP contribution in [-0.2, 0) is 27.5 Å². The van der Waals surface area contributed by atoms with Crippen LogP contribution in [-0.4, -0.2) is 67.3 Å². The number of pyridine rings is 1. The topological polar surface area (TPSA) is 100 Å². The van der Waals surface area contributed by atoms with Crippen molar-refractivity contribution in [2.24, 2.45) is 5.92 Å². The van der Waals surface area contributed by atoms with Crippen LogP contribution in [0.5, 0.6) is 5.75 Å². The summed E-state index contributed by atoms with van der Waals surface area (Å²) in [5, 5.41) is 8.38. The maximum atomic E-state index is 13.6. The number of aromatic nitrogens is 1. The molecule has 2 aromatic rings. The molecule has 0 spiro atoms. The second-order valence-corrected chi connectivity index (χ2v) is 10.4. The zero-order valence-electron chi connectivity index (χ0n) is 18.6. The molecule has 2 atom stereocenters. The molecule has 188 valence electrons. The molecule has 8 nitrogen and oxygen atoms in total. The number of rotatable bonds is 7. The molecular formula is C23H24F3N3O5S. The predicted molar refractivity (Wildman–Crippen MR) is 121 cm³/mol. The number of carbonyl (C=O) groups is 1. The standard InChI is InChI=1S/C23H24F3N3O5S/c1-2-21(35(32,33)19-5-3-4-15-12-16(22(30)31)13-18(15)19)29-10-8-28(9-11-29)20-7-6-17(14-27-20)34-23(24,25)26/h2-7,14,16,21H,1,8-13H2,(H,30,31). The first-order valence-electron chi connectivity index (χ1n) is 10.9. The summed E-state index contributed by atoms with van der Waals surface area (Å²) in [5.74, 6) is -1.56. The number of halogens is 3. The summed E-state index contributed by atoms with van der Waals surface area (Å²) in [6, 6.07) is 7.51. The number of hydrogen-bond donors (Lipinski definition) is 1. The maximum absolute atomic E-state index is 13.6. The molecule has 0 saturated carbocycles. The Kier molecular flexibility index (Phi) is 6.78. The van der Waals surface area contributed by atoms with Crippen molar-refractivity contribution in [1.82, 2.24) is 9.88 Å². The van der Waals surface area contributed by atoms with Gasteiger partial charge in [-0.1, -0.05) is 18.2 Å². The Morgan fingerprint density at radius 1 is 1.17 bits per heavy atom. The fourth-order valence-electron chi connectivity index (χ4n) is 4.62. The number of aliphatic carboxylic acids is 1. The van der Waals surface area contributed by atoms with Gasteiger partial charge < -0.3 is 14.7 Å². The number of fused-ring (bicyclic) bond motifs is 1. The van der Waals surface area contributed by atoms with E-state index >= 15 is 0 Å². The van der Waals surface area contributed by atoms with Crippen molar-refractivity contribution in [3.05, 3.63) is 60.3 Å². The number of benzene rings is 1. The van der Waals surface area contributed by atoms with Crippen LogP contribution in [0.25, 0.3) is 0 Å². The van der Waals surface area contributed by atoms with Crippen molar-refractivity contribution in [3.63, 3.8) is 0 Å². The summed E-state index contributed by atoms with van der Waals surface area (Å²) >= 11 is 0. The normalized spacial score (nSPS) is 19.7. The molecule has 2 aliphatic rings. The zero-order valence-corrected chi connectivity index (χ0v) is 19.4. The van der Waals surface area contributed by atoms with Gasteiger partial charge >= 0.3 is 12.3 Å². The van der Waals surface area contributed by atoms with Crippen LogP contribution < -0.4 is 9.64 Å². The second kappa shape index (κ2) is 9.50. The van der Waals surface area contributed by atoms with Crippen molar-refractivity contribution in [2.45, 2.75) is 29.5 Å². The fraction of sp³-hybridized carbons (Fsp3) is 0.391. The van der Waals surface area contributed by atoms with Gasteiger partial charge in [0.15, 0.2) is 9.84 Å². The van der Waals surface area contributed by atoms with Crippen LogP contribution in [0.4, 0.5) is 19.0 Å². The van der Waals surface area contributed by atoms with Gasteiger partial charge in [-0.05, 0) is 42.2 Å². The van der Waals surface area contributed by atoms with Gasteiger partial charge in [-0.15, -0.1) is 19.8 Å². The molecule has 4 rings (SSSR count). The van der Waals surface area contributed by atoms with Crippen LogP contribution in [0.2, 0.25) is 0 Å². The van der Waals surface area contributed by atoms with E-state index in [1.165, 1.54) is 24.3 Å². The Balaban J connectivity index is 1.47. The van der Waals surface area contributed by atoms with E-state index in [0.717, 1.165) is 11.8 Å². The Labute approximate surface area is 200 Å². The molecule has 12 heteroatoms. The minimum Gasteiger partial charge on any atom is -0.481 e. The number of carboxylic acid groups (broad SMARTS) is 1. The molecule has 1 saturated heterocycles. The lowest BCUT2D eigenvalue weighted by Gasteiger charge is -2.38. The number of alkyl halides is 3. The number of carboxylic acids is 1. The van der Waals surface area contributed by atoms with Gasteiger partial charge in [-0.25, -0.2) is 13.4 Å². The molecule has 35 heavy (non-hydrogen) atoms. The molecule has 1 fully saturated rings. The number of hydrogen-bond acceptors (Lipinski definition) is 7. The van der Waals surface area contributed by atoms with Gasteiger partial charge in [0.1, 0.15) is 16.9 Å². The summed E-state index contributed by atoms with van der Waals surface area (Å²) in [4.78, 5) is 19.2. The summed E-state index contributed by atoms with van der Waals surface area (Å²) in [6.07, 6.45) is -1.97. The SMILES string of the molecule is C=CC(N1CCN(c2ccc(OC(F)(F)F)cn2)CC1)S(=O)(=O)c1cccc2c1CC(C(=O)O)C2. The number of ether oxygens (including phenoxy) is 1. The molecule has 0 amide bonds. The number of nitrogens with zero attached hydrogens (tertiary/aromatic N) is 3. The molecule has 2 heterocycles. The van der Waals surface area contributed by atoms with Crippen LogP contribution in [0.15, 0.2) is 54.1 Å². The van der Waals surface area contributed by atoms with Gasteiger partial charge in [-0.3, -0.25) is 9.69 Å². The maximum Gasteiger partial charge on any atom is 0.573 e. The lowest BCUT2D eigenvalue weighted by molar-refractivity contribution is -0.274. The van der Waals surface area contributed by atoms with Gasteiger partial charge in [0.2, 0.25) is 0 Å². The van der Waals surface area contributed by atoms with E-state index in [0.29, 0.717) is 44.0 Å². The van der Waals surface area contributed by atoms with Crippen molar-refractivity contribution in [1.29, 1.82) is 0 Å². The van der Waals surface area contributed by atoms with Crippen molar-refractivity contribution >= 4 is 21.6 Å². The molecule has 2 unspecified atom stereocenters. The fourth-order valence-corrected chi connectivity index (χ4v) is 6.56.